The van der Waals surface area contributed by atoms with Gasteiger partial charge in [0.1, 0.15) is 10.0 Å². The number of aryl methyl sites for hydroxylation is 2. The van der Waals surface area contributed by atoms with Gasteiger partial charge in [-0.25, -0.2) is 8.42 Å². The van der Waals surface area contributed by atoms with E-state index in [0.29, 0.717) is 36.3 Å². The topological polar surface area (TPSA) is 105 Å². The van der Waals surface area contributed by atoms with E-state index >= 15 is 0 Å². The lowest BCUT2D eigenvalue weighted by molar-refractivity contribution is -0.146. The monoisotopic (exact) mass is 462 g/mol. The maximum absolute atomic E-state index is 13.1. The molecule has 0 aliphatic carbocycles. The van der Waals surface area contributed by atoms with Crippen LogP contribution in [0.25, 0.3) is 10.8 Å². The number of aromatic nitrogens is 2. The lowest BCUT2D eigenvalue weighted by Gasteiger charge is -2.24. The Morgan fingerprint density at radius 3 is 2.48 bits per heavy atom. The molecular weight excluding hydrogens is 440 g/mol. The molecule has 1 aliphatic heterocycles. The molecule has 1 fully saturated rings. The first-order valence-corrected chi connectivity index (χ1v) is 11.6. The fourth-order valence-corrected chi connectivity index (χ4v) is 5.93. The molecule has 0 bridgehead atoms. The molecule has 1 aliphatic rings. The average Bonchev–Trinajstić information content (AvgIpc) is 3.22. The van der Waals surface area contributed by atoms with Crippen LogP contribution in [-0.4, -0.2) is 42.4 Å². The molecule has 0 spiro atoms. The van der Waals surface area contributed by atoms with Gasteiger partial charge in [-0.2, -0.15) is 5.10 Å². The molecule has 0 radical (unpaired) electrons. The number of sulfonamides is 1. The quantitative estimate of drug-likeness (QED) is 0.599. The van der Waals surface area contributed by atoms with E-state index in [-0.39, 0.29) is 10.0 Å². The number of halogens is 1. The number of fused-ring (bicyclic) bond motifs is 1. The van der Waals surface area contributed by atoms with Crippen LogP contribution in [0, 0.1) is 12.3 Å². The number of aliphatic carboxylic acids is 1. The summed E-state index contributed by atoms with van der Waals surface area (Å²) >= 11 is 6.17. The maximum atomic E-state index is 13.1. The number of carbonyl (C=O) groups is 1. The average molecular weight is 463 g/mol. The Bertz CT molecular complexity index is 1300. The van der Waals surface area contributed by atoms with E-state index in [2.05, 4.69) is 9.82 Å². The molecule has 8 nitrogen and oxygen atoms in total. The van der Waals surface area contributed by atoms with Crippen LogP contribution < -0.4 is 9.62 Å². The van der Waals surface area contributed by atoms with Crippen molar-refractivity contribution in [3.63, 3.8) is 0 Å². The highest BCUT2D eigenvalue weighted by atomic mass is 35.5. The van der Waals surface area contributed by atoms with Gasteiger partial charge in [0, 0.05) is 36.6 Å². The smallest absolute Gasteiger partial charge is 0.311 e. The van der Waals surface area contributed by atoms with Crippen LogP contribution in [0.15, 0.2) is 41.3 Å². The van der Waals surface area contributed by atoms with E-state index in [1.165, 1.54) is 4.68 Å². The molecule has 2 N–H and O–H groups in total. The highest BCUT2D eigenvalue weighted by Gasteiger charge is 2.41. The first-order valence-electron chi connectivity index (χ1n) is 9.75. The van der Waals surface area contributed by atoms with Gasteiger partial charge in [0.25, 0.3) is 10.0 Å². The largest absolute Gasteiger partial charge is 0.481 e. The second-order valence-corrected chi connectivity index (χ2v) is 10.1. The molecule has 0 saturated carbocycles. The summed E-state index contributed by atoms with van der Waals surface area (Å²) in [5.41, 5.74) is 0.791. The predicted molar refractivity (Wildman–Crippen MR) is 120 cm³/mol. The third-order valence-corrected chi connectivity index (χ3v) is 7.91. The van der Waals surface area contributed by atoms with Crippen molar-refractivity contribution in [2.24, 2.45) is 12.5 Å². The molecule has 164 valence electrons. The normalized spacial score (nSPS) is 19.2. The standard InChI is InChI=1S/C21H23ClN4O4S/c1-13-18(19(22)25(3)23-13)31(29,30)24-16-8-9-17(15-7-5-4-6-14(15)16)26-11-10-21(2,12-26)20(27)28/h4-9,24H,10-12H2,1-3H3,(H,27,28). The number of nitrogens with zero attached hydrogens (tertiary/aromatic N) is 3. The van der Waals surface area contributed by atoms with Crippen molar-refractivity contribution in [1.29, 1.82) is 0 Å². The second-order valence-electron chi connectivity index (χ2n) is 8.15. The summed E-state index contributed by atoms with van der Waals surface area (Å²) in [5, 5.41) is 15.2. The fourth-order valence-electron chi connectivity index (χ4n) is 4.10. The van der Waals surface area contributed by atoms with Gasteiger partial charge in [0.2, 0.25) is 0 Å². The van der Waals surface area contributed by atoms with Crippen molar-refractivity contribution in [3.8, 4) is 0 Å². The van der Waals surface area contributed by atoms with E-state index in [9.17, 15) is 18.3 Å². The Morgan fingerprint density at radius 1 is 1.23 bits per heavy atom. The number of rotatable bonds is 5. The number of hydrogen-bond acceptors (Lipinski definition) is 5. The van der Waals surface area contributed by atoms with Crippen LogP contribution in [0.1, 0.15) is 19.0 Å². The lowest BCUT2D eigenvalue weighted by Crippen LogP contribution is -2.31. The molecule has 0 amide bonds. The van der Waals surface area contributed by atoms with Crippen LogP contribution in [-0.2, 0) is 21.9 Å². The molecular formula is C21H23ClN4O4S. The first kappa shape index (κ1) is 21.5. The van der Waals surface area contributed by atoms with Crippen molar-refractivity contribution in [3.05, 3.63) is 47.2 Å². The molecule has 1 unspecified atom stereocenters. The van der Waals surface area contributed by atoms with Crippen molar-refractivity contribution < 1.29 is 18.3 Å². The molecule has 2 heterocycles. The highest BCUT2D eigenvalue weighted by molar-refractivity contribution is 7.93. The zero-order valence-corrected chi connectivity index (χ0v) is 19.0. The number of carboxylic acid groups (broad SMARTS) is 1. The van der Waals surface area contributed by atoms with Gasteiger partial charge in [-0.15, -0.1) is 0 Å². The van der Waals surface area contributed by atoms with Crippen molar-refractivity contribution >= 4 is 49.7 Å². The number of hydrogen-bond donors (Lipinski definition) is 2. The molecule has 1 aromatic heterocycles. The van der Waals surface area contributed by atoms with E-state index < -0.39 is 21.4 Å². The zero-order chi connectivity index (χ0) is 22.6. The highest BCUT2D eigenvalue weighted by Crippen LogP contribution is 2.39. The van der Waals surface area contributed by atoms with Gasteiger partial charge in [-0.1, -0.05) is 35.9 Å². The number of benzene rings is 2. The van der Waals surface area contributed by atoms with Crippen molar-refractivity contribution in [2.75, 3.05) is 22.7 Å². The van der Waals surface area contributed by atoms with Crippen LogP contribution in [0.3, 0.4) is 0 Å². The molecule has 1 atom stereocenters. The Balaban J connectivity index is 1.75. The summed E-state index contributed by atoms with van der Waals surface area (Å²) in [5.74, 6) is -0.813. The van der Waals surface area contributed by atoms with Gasteiger partial charge < -0.3 is 10.0 Å². The fraction of sp³-hybridized carbons (Fsp3) is 0.333. The molecule has 31 heavy (non-hydrogen) atoms. The number of carboxylic acids is 1. The zero-order valence-electron chi connectivity index (χ0n) is 17.4. The SMILES string of the molecule is Cc1nn(C)c(Cl)c1S(=O)(=O)Nc1ccc(N2CCC(C)(C(=O)O)C2)c2ccccc12. The van der Waals surface area contributed by atoms with E-state index in [1.807, 2.05) is 35.2 Å². The first-order chi connectivity index (χ1) is 14.5. The van der Waals surface area contributed by atoms with Crippen molar-refractivity contribution in [2.45, 2.75) is 25.2 Å². The molecule has 4 rings (SSSR count). The summed E-state index contributed by atoms with van der Waals surface area (Å²) in [4.78, 5) is 13.6. The predicted octanol–water partition coefficient (Wildman–Crippen LogP) is 3.64. The number of nitrogens with one attached hydrogen (secondary N) is 1. The van der Waals surface area contributed by atoms with Gasteiger partial charge in [-0.05, 0) is 32.4 Å². The van der Waals surface area contributed by atoms with Gasteiger partial charge >= 0.3 is 5.97 Å². The molecule has 3 aromatic rings. The van der Waals surface area contributed by atoms with Gasteiger partial charge in [0.15, 0.2) is 0 Å². The summed E-state index contributed by atoms with van der Waals surface area (Å²) in [6.07, 6.45) is 0.545. The lowest BCUT2D eigenvalue weighted by atomic mass is 9.90. The van der Waals surface area contributed by atoms with E-state index in [1.54, 1.807) is 27.0 Å². The minimum Gasteiger partial charge on any atom is -0.481 e. The third kappa shape index (κ3) is 3.61. The van der Waals surface area contributed by atoms with E-state index in [0.717, 1.165) is 11.1 Å². The summed E-state index contributed by atoms with van der Waals surface area (Å²) in [6.45, 7) is 4.35. The van der Waals surface area contributed by atoms with Crippen LogP contribution in [0.2, 0.25) is 5.15 Å². The van der Waals surface area contributed by atoms with Crippen LogP contribution in [0.4, 0.5) is 11.4 Å². The van der Waals surface area contributed by atoms with E-state index in [4.69, 9.17) is 11.6 Å². The second kappa shape index (κ2) is 7.42. The molecule has 10 heteroatoms. The maximum Gasteiger partial charge on any atom is 0.311 e. The molecule has 2 aromatic carbocycles. The Labute approximate surface area is 185 Å². The van der Waals surface area contributed by atoms with Crippen LogP contribution in [0.5, 0.6) is 0 Å². The minimum atomic E-state index is -3.96. The van der Waals surface area contributed by atoms with Crippen molar-refractivity contribution in [1.82, 2.24) is 9.78 Å². The summed E-state index contributed by atoms with van der Waals surface area (Å²) < 4.78 is 30.1. The molecule has 1 saturated heterocycles. The van der Waals surface area contributed by atoms with Gasteiger partial charge in [0.05, 0.1) is 16.8 Å². The van der Waals surface area contributed by atoms with Crippen LogP contribution >= 0.6 is 11.6 Å². The third-order valence-electron chi connectivity index (χ3n) is 5.84. The summed E-state index contributed by atoms with van der Waals surface area (Å²) in [6, 6.07) is 11.0. The Hall–Kier alpha value is -2.78. The number of anilines is 2. The Morgan fingerprint density at radius 2 is 1.90 bits per heavy atom. The van der Waals surface area contributed by atoms with Gasteiger partial charge in [-0.3, -0.25) is 14.2 Å². The Kier molecular flexibility index (Phi) is 5.13. The minimum absolute atomic E-state index is 0.0379. The summed E-state index contributed by atoms with van der Waals surface area (Å²) in [7, 11) is -2.38.